The number of carbonyl (C=O) groups excluding carboxylic acids is 1. The molecule has 2 heterocycles. The number of rotatable bonds is 3. The molecule has 1 aliphatic heterocycles. The number of hydrogen-bond acceptors (Lipinski definition) is 4. The van der Waals surface area contributed by atoms with Crippen LogP contribution in [0.15, 0.2) is 30.5 Å². The number of piperazine rings is 1. The Morgan fingerprint density at radius 2 is 1.88 bits per heavy atom. The summed E-state index contributed by atoms with van der Waals surface area (Å²) in [4.78, 5) is 20.4. The summed E-state index contributed by atoms with van der Waals surface area (Å²) >= 11 is 5.83. The van der Waals surface area contributed by atoms with E-state index in [0.29, 0.717) is 31.2 Å². The number of carbonyl (C=O) groups is 1. The van der Waals surface area contributed by atoms with Crippen molar-refractivity contribution in [2.75, 3.05) is 38.2 Å². The Balaban J connectivity index is 1.74. The van der Waals surface area contributed by atoms with Crippen molar-refractivity contribution in [2.45, 2.75) is 0 Å². The number of methoxy groups -OCH3 is 1. The molecule has 1 aliphatic rings. The maximum atomic E-state index is 14.1. The molecule has 5 nitrogen and oxygen atoms in total. The highest BCUT2D eigenvalue weighted by atomic mass is 35.5. The lowest BCUT2D eigenvalue weighted by Crippen LogP contribution is -2.49. The predicted octanol–water partition coefficient (Wildman–Crippen LogP) is 2.98. The highest BCUT2D eigenvalue weighted by Crippen LogP contribution is 2.26. The van der Waals surface area contributed by atoms with Crippen LogP contribution in [-0.4, -0.2) is 49.1 Å². The Bertz CT molecular complexity index is 778. The van der Waals surface area contributed by atoms with Crippen LogP contribution in [0.5, 0.6) is 5.75 Å². The van der Waals surface area contributed by atoms with Gasteiger partial charge in [0.15, 0.2) is 11.6 Å². The first-order chi connectivity index (χ1) is 12.0. The number of amides is 1. The molecule has 0 bridgehead atoms. The SMILES string of the molecule is COc1ccc(F)c(F)c1C(=O)N1CCN(c2ccc(Cl)cn2)CC1. The molecule has 0 atom stereocenters. The smallest absolute Gasteiger partial charge is 0.260 e. The van der Waals surface area contributed by atoms with Crippen molar-refractivity contribution in [1.29, 1.82) is 0 Å². The molecular weight excluding hydrogens is 352 g/mol. The zero-order chi connectivity index (χ0) is 18.0. The van der Waals surface area contributed by atoms with Crippen LogP contribution in [-0.2, 0) is 0 Å². The number of nitrogens with zero attached hydrogens (tertiary/aromatic N) is 3. The van der Waals surface area contributed by atoms with Crippen LogP contribution < -0.4 is 9.64 Å². The minimum Gasteiger partial charge on any atom is -0.496 e. The fourth-order valence-electron chi connectivity index (χ4n) is 2.75. The molecule has 1 saturated heterocycles. The van der Waals surface area contributed by atoms with Crippen LogP contribution in [0.2, 0.25) is 5.02 Å². The van der Waals surface area contributed by atoms with Gasteiger partial charge >= 0.3 is 0 Å². The molecule has 8 heteroatoms. The Labute approximate surface area is 148 Å². The van der Waals surface area contributed by atoms with Crippen LogP contribution in [0.4, 0.5) is 14.6 Å². The van der Waals surface area contributed by atoms with Crippen molar-refractivity contribution in [3.05, 3.63) is 52.7 Å². The number of aromatic nitrogens is 1. The van der Waals surface area contributed by atoms with Crippen LogP contribution >= 0.6 is 11.6 Å². The largest absolute Gasteiger partial charge is 0.496 e. The quantitative estimate of drug-likeness (QED) is 0.836. The molecule has 3 rings (SSSR count). The molecule has 132 valence electrons. The van der Waals surface area contributed by atoms with Gasteiger partial charge < -0.3 is 14.5 Å². The van der Waals surface area contributed by atoms with Gasteiger partial charge in [0.1, 0.15) is 17.1 Å². The summed E-state index contributed by atoms with van der Waals surface area (Å²) in [6, 6.07) is 5.73. The van der Waals surface area contributed by atoms with Crippen LogP contribution in [0.3, 0.4) is 0 Å². The van der Waals surface area contributed by atoms with Crippen molar-refractivity contribution >= 4 is 23.3 Å². The lowest BCUT2D eigenvalue weighted by Gasteiger charge is -2.35. The molecule has 0 N–H and O–H groups in total. The lowest BCUT2D eigenvalue weighted by atomic mass is 10.1. The van der Waals surface area contributed by atoms with Gasteiger partial charge in [-0.1, -0.05) is 11.6 Å². The van der Waals surface area contributed by atoms with E-state index in [9.17, 15) is 13.6 Å². The average molecular weight is 368 g/mol. The van der Waals surface area contributed by atoms with Gasteiger partial charge in [0.25, 0.3) is 5.91 Å². The summed E-state index contributed by atoms with van der Waals surface area (Å²) in [7, 11) is 1.31. The fraction of sp³-hybridized carbons (Fsp3) is 0.294. The highest BCUT2D eigenvalue weighted by Gasteiger charge is 2.28. The van der Waals surface area contributed by atoms with E-state index < -0.39 is 17.5 Å². The molecular formula is C17H16ClF2N3O2. The van der Waals surface area contributed by atoms with E-state index in [2.05, 4.69) is 4.98 Å². The summed E-state index contributed by atoms with van der Waals surface area (Å²) in [6.07, 6.45) is 1.56. The summed E-state index contributed by atoms with van der Waals surface area (Å²) in [6.45, 7) is 1.78. The first-order valence-corrected chi connectivity index (χ1v) is 8.07. The van der Waals surface area contributed by atoms with Crippen molar-refractivity contribution in [3.63, 3.8) is 0 Å². The summed E-state index contributed by atoms with van der Waals surface area (Å²) in [5, 5.41) is 0.547. The van der Waals surface area contributed by atoms with E-state index in [1.165, 1.54) is 18.1 Å². The monoisotopic (exact) mass is 367 g/mol. The topological polar surface area (TPSA) is 45.7 Å². The molecule has 2 aromatic rings. The van der Waals surface area contributed by atoms with Gasteiger partial charge in [-0.05, 0) is 24.3 Å². The number of pyridine rings is 1. The van der Waals surface area contributed by atoms with Crippen molar-refractivity contribution in [2.24, 2.45) is 0 Å². The second kappa shape index (κ2) is 7.23. The van der Waals surface area contributed by atoms with E-state index in [0.717, 1.165) is 11.9 Å². The minimum atomic E-state index is -1.19. The van der Waals surface area contributed by atoms with E-state index >= 15 is 0 Å². The molecule has 0 unspecified atom stereocenters. The maximum Gasteiger partial charge on any atom is 0.260 e. The maximum absolute atomic E-state index is 14.1. The average Bonchev–Trinajstić information content (AvgIpc) is 2.64. The van der Waals surface area contributed by atoms with Crippen LogP contribution in [0.25, 0.3) is 0 Å². The first kappa shape index (κ1) is 17.4. The van der Waals surface area contributed by atoms with Crippen molar-refractivity contribution in [1.82, 2.24) is 9.88 Å². The molecule has 0 saturated carbocycles. The zero-order valence-electron chi connectivity index (χ0n) is 13.5. The second-order valence-electron chi connectivity index (χ2n) is 5.55. The Morgan fingerprint density at radius 3 is 2.48 bits per heavy atom. The Morgan fingerprint density at radius 1 is 1.16 bits per heavy atom. The molecule has 1 fully saturated rings. The van der Waals surface area contributed by atoms with Crippen molar-refractivity contribution in [3.8, 4) is 5.75 Å². The zero-order valence-corrected chi connectivity index (χ0v) is 14.3. The van der Waals surface area contributed by atoms with Gasteiger partial charge in [-0.25, -0.2) is 13.8 Å². The van der Waals surface area contributed by atoms with Gasteiger partial charge in [0, 0.05) is 32.4 Å². The molecule has 1 aromatic carbocycles. The molecule has 1 aromatic heterocycles. The number of benzene rings is 1. The van der Waals surface area contributed by atoms with E-state index in [1.807, 2.05) is 4.90 Å². The summed E-state index contributed by atoms with van der Waals surface area (Å²) < 4.78 is 32.6. The van der Waals surface area contributed by atoms with Crippen molar-refractivity contribution < 1.29 is 18.3 Å². The molecule has 0 aliphatic carbocycles. The third kappa shape index (κ3) is 3.51. The predicted molar refractivity (Wildman–Crippen MR) is 90.3 cm³/mol. The third-order valence-corrected chi connectivity index (χ3v) is 4.32. The number of hydrogen-bond donors (Lipinski definition) is 0. The van der Waals surface area contributed by atoms with Crippen LogP contribution in [0.1, 0.15) is 10.4 Å². The Hall–Kier alpha value is -2.41. The van der Waals surface area contributed by atoms with E-state index in [4.69, 9.17) is 16.3 Å². The number of ether oxygens (including phenoxy) is 1. The van der Waals surface area contributed by atoms with E-state index in [-0.39, 0.29) is 11.3 Å². The van der Waals surface area contributed by atoms with Gasteiger partial charge in [-0.15, -0.1) is 0 Å². The summed E-state index contributed by atoms with van der Waals surface area (Å²) in [5.41, 5.74) is -0.374. The molecule has 25 heavy (non-hydrogen) atoms. The lowest BCUT2D eigenvalue weighted by molar-refractivity contribution is 0.0737. The number of halogens is 3. The fourth-order valence-corrected chi connectivity index (χ4v) is 2.87. The molecule has 1 amide bonds. The Kier molecular flexibility index (Phi) is 5.03. The minimum absolute atomic E-state index is 0.0192. The first-order valence-electron chi connectivity index (χ1n) is 7.69. The summed E-state index contributed by atoms with van der Waals surface area (Å²) in [5.74, 6) is -2.08. The second-order valence-corrected chi connectivity index (χ2v) is 5.99. The molecule has 0 radical (unpaired) electrons. The standard InChI is InChI=1S/C17H16ClF2N3O2/c1-25-13-4-3-12(19)16(20)15(13)17(24)23-8-6-22(7-9-23)14-5-2-11(18)10-21-14/h2-5,10H,6-9H2,1H3. The van der Waals surface area contributed by atoms with Gasteiger partial charge in [0.2, 0.25) is 0 Å². The van der Waals surface area contributed by atoms with Gasteiger partial charge in [0.05, 0.1) is 12.1 Å². The normalized spacial score (nSPS) is 14.6. The van der Waals surface area contributed by atoms with Gasteiger partial charge in [-0.3, -0.25) is 4.79 Å². The van der Waals surface area contributed by atoms with E-state index in [1.54, 1.807) is 18.3 Å². The number of anilines is 1. The van der Waals surface area contributed by atoms with Gasteiger partial charge in [-0.2, -0.15) is 0 Å². The highest BCUT2D eigenvalue weighted by molar-refractivity contribution is 6.30. The molecule has 0 spiro atoms. The third-order valence-electron chi connectivity index (χ3n) is 4.09. The van der Waals surface area contributed by atoms with Crippen LogP contribution in [0, 0.1) is 11.6 Å².